The van der Waals surface area contributed by atoms with Gasteiger partial charge >= 0.3 is 0 Å². The molecule has 2 aliphatic rings. The lowest BCUT2D eigenvalue weighted by Crippen LogP contribution is -2.46. The van der Waals surface area contributed by atoms with Crippen molar-refractivity contribution < 1.29 is 4.74 Å². The molecule has 2 aliphatic heterocycles. The first-order valence-corrected chi connectivity index (χ1v) is 10.0. The third kappa shape index (κ3) is 5.75. The Balaban J connectivity index is 1.41. The van der Waals surface area contributed by atoms with Crippen LogP contribution in [0.3, 0.4) is 0 Å². The molecule has 0 spiro atoms. The largest absolute Gasteiger partial charge is 0.490 e. The molecule has 1 fully saturated rings. The van der Waals surface area contributed by atoms with Crippen molar-refractivity contribution in [1.82, 2.24) is 10.2 Å². The van der Waals surface area contributed by atoms with Gasteiger partial charge in [-0.15, -0.1) is 0 Å². The molecule has 0 amide bonds. The lowest BCUT2D eigenvalue weighted by Gasteiger charge is -2.33. The van der Waals surface area contributed by atoms with Crippen molar-refractivity contribution in [3.8, 4) is 5.75 Å². The number of nitrogens with zero attached hydrogens (tertiary/aromatic N) is 2. The smallest absolute Gasteiger partial charge is 0.195 e. The Morgan fingerprint density at radius 3 is 2.70 bits per heavy atom. The molecule has 0 bridgehead atoms. The van der Waals surface area contributed by atoms with Crippen LogP contribution in [0.1, 0.15) is 32.6 Å². The van der Waals surface area contributed by atoms with Crippen LogP contribution in [0.4, 0.5) is 0 Å². The van der Waals surface area contributed by atoms with Crippen LogP contribution in [0.5, 0.6) is 5.75 Å². The van der Waals surface area contributed by atoms with Gasteiger partial charge in [0, 0.05) is 24.9 Å². The molecule has 27 heavy (non-hydrogen) atoms. The maximum atomic E-state index is 6.34. The number of piperidine rings is 1. The third-order valence-corrected chi connectivity index (χ3v) is 5.64. The molecule has 8 heteroatoms. The predicted molar refractivity (Wildman–Crippen MR) is 111 cm³/mol. The number of likely N-dealkylation sites (tertiary alicyclic amines) is 1. The zero-order valence-corrected chi connectivity index (χ0v) is 17.1. The Bertz CT molecular complexity index is 711. The molecule has 1 aromatic rings. The molecule has 5 N–H and O–H groups in total. The van der Waals surface area contributed by atoms with Gasteiger partial charge in [0.05, 0.1) is 10.0 Å². The number of halogens is 2. The molecule has 1 atom stereocenters. The van der Waals surface area contributed by atoms with Gasteiger partial charge in [0.25, 0.3) is 0 Å². The highest BCUT2D eigenvalue weighted by atomic mass is 35.5. The number of rotatable bonds is 6. The number of nitrogens with one attached hydrogen (secondary N) is 1. The maximum absolute atomic E-state index is 6.34. The van der Waals surface area contributed by atoms with Gasteiger partial charge in [0.15, 0.2) is 5.96 Å². The molecule has 3 rings (SSSR count). The van der Waals surface area contributed by atoms with Crippen molar-refractivity contribution in [2.45, 2.75) is 44.4 Å². The summed E-state index contributed by atoms with van der Waals surface area (Å²) in [6, 6.07) is 5.41. The van der Waals surface area contributed by atoms with E-state index in [1.54, 1.807) is 12.1 Å². The second-order valence-corrected chi connectivity index (χ2v) is 8.09. The summed E-state index contributed by atoms with van der Waals surface area (Å²) >= 11 is 12.0. The summed E-state index contributed by atoms with van der Waals surface area (Å²) in [6.45, 7) is 4.95. The van der Waals surface area contributed by atoms with Crippen LogP contribution in [0.25, 0.3) is 0 Å². The van der Waals surface area contributed by atoms with E-state index >= 15 is 0 Å². The number of aliphatic imine (C=N–C) groups is 1. The Labute approximate surface area is 170 Å². The zero-order chi connectivity index (χ0) is 19.4. The SMILES string of the molecule is CC1=CC(N)(CCCN2CCC(Oc3ccc(Cl)c(Cl)c3)CC2)N=C(N)N1. The van der Waals surface area contributed by atoms with Gasteiger partial charge < -0.3 is 26.4 Å². The van der Waals surface area contributed by atoms with Crippen molar-refractivity contribution in [3.63, 3.8) is 0 Å². The molecular weight excluding hydrogens is 385 g/mol. The van der Waals surface area contributed by atoms with Gasteiger partial charge in [0.1, 0.15) is 17.5 Å². The highest BCUT2D eigenvalue weighted by Crippen LogP contribution is 2.28. The van der Waals surface area contributed by atoms with Crippen LogP contribution >= 0.6 is 23.2 Å². The van der Waals surface area contributed by atoms with Crippen molar-refractivity contribution in [3.05, 3.63) is 40.0 Å². The minimum absolute atomic E-state index is 0.207. The second kappa shape index (κ2) is 8.69. The Morgan fingerprint density at radius 2 is 2.04 bits per heavy atom. The minimum atomic E-state index is -0.700. The second-order valence-electron chi connectivity index (χ2n) is 7.28. The molecule has 0 aromatic heterocycles. The molecule has 0 radical (unpaired) electrons. The summed E-state index contributed by atoms with van der Waals surface area (Å²) in [5.41, 5.74) is 12.4. The van der Waals surface area contributed by atoms with Gasteiger partial charge in [-0.2, -0.15) is 0 Å². The van der Waals surface area contributed by atoms with Crippen LogP contribution in [-0.4, -0.2) is 42.3 Å². The first-order chi connectivity index (χ1) is 12.8. The lowest BCUT2D eigenvalue weighted by atomic mass is 10.0. The van der Waals surface area contributed by atoms with Crippen LogP contribution in [0.15, 0.2) is 35.0 Å². The van der Waals surface area contributed by atoms with Crippen molar-refractivity contribution in [1.29, 1.82) is 0 Å². The zero-order valence-electron chi connectivity index (χ0n) is 15.5. The number of guanidine groups is 1. The summed E-state index contributed by atoms with van der Waals surface area (Å²) in [5, 5.41) is 4.04. The van der Waals surface area contributed by atoms with E-state index in [1.165, 1.54) is 0 Å². The van der Waals surface area contributed by atoms with Gasteiger partial charge in [-0.1, -0.05) is 23.2 Å². The van der Waals surface area contributed by atoms with E-state index in [9.17, 15) is 0 Å². The molecule has 6 nitrogen and oxygen atoms in total. The van der Waals surface area contributed by atoms with Crippen LogP contribution in [-0.2, 0) is 0 Å². The van der Waals surface area contributed by atoms with Gasteiger partial charge in [0.2, 0.25) is 0 Å². The monoisotopic (exact) mass is 411 g/mol. The van der Waals surface area contributed by atoms with Crippen molar-refractivity contribution >= 4 is 29.2 Å². The van der Waals surface area contributed by atoms with Gasteiger partial charge in [-0.05, 0) is 57.4 Å². The van der Waals surface area contributed by atoms with Crippen LogP contribution in [0.2, 0.25) is 10.0 Å². The molecule has 2 heterocycles. The van der Waals surface area contributed by atoms with Crippen LogP contribution < -0.4 is 21.5 Å². The number of nitrogens with two attached hydrogens (primary N) is 2. The highest BCUT2D eigenvalue weighted by Gasteiger charge is 2.26. The molecule has 1 saturated heterocycles. The topological polar surface area (TPSA) is 88.9 Å². The first-order valence-electron chi connectivity index (χ1n) is 9.28. The van der Waals surface area contributed by atoms with E-state index in [0.29, 0.717) is 16.0 Å². The number of ether oxygens (including phenoxy) is 1. The van der Waals surface area contributed by atoms with Crippen molar-refractivity contribution in [2.75, 3.05) is 19.6 Å². The number of hydrogen-bond acceptors (Lipinski definition) is 6. The van der Waals surface area contributed by atoms with Gasteiger partial charge in [-0.25, -0.2) is 4.99 Å². The molecule has 1 aromatic carbocycles. The first kappa shape index (κ1) is 20.3. The maximum Gasteiger partial charge on any atom is 0.195 e. The average Bonchev–Trinajstić information content (AvgIpc) is 2.58. The van der Waals surface area contributed by atoms with E-state index in [4.69, 9.17) is 39.4 Å². The lowest BCUT2D eigenvalue weighted by molar-refractivity contribution is 0.0988. The van der Waals surface area contributed by atoms with Crippen molar-refractivity contribution in [2.24, 2.45) is 16.5 Å². The summed E-state index contributed by atoms with van der Waals surface area (Å²) in [5.74, 6) is 1.16. The quantitative estimate of drug-likeness (QED) is 0.668. The normalized spacial score (nSPS) is 24.1. The minimum Gasteiger partial charge on any atom is -0.490 e. The molecule has 1 unspecified atom stereocenters. The summed E-state index contributed by atoms with van der Waals surface area (Å²) in [7, 11) is 0. The fourth-order valence-electron chi connectivity index (χ4n) is 3.60. The van der Waals surface area contributed by atoms with E-state index in [2.05, 4.69) is 15.2 Å². The fraction of sp³-hybridized carbons (Fsp3) is 0.526. The fourth-order valence-corrected chi connectivity index (χ4v) is 3.89. The van der Waals surface area contributed by atoms with Gasteiger partial charge in [-0.3, -0.25) is 0 Å². The highest BCUT2D eigenvalue weighted by molar-refractivity contribution is 6.42. The third-order valence-electron chi connectivity index (χ3n) is 4.90. The van der Waals surface area contributed by atoms with Crippen LogP contribution in [0, 0.1) is 0 Å². The molecule has 0 saturated carbocycles. The molecule has 148 valence electrons. The van der Waals surface area contributed by atoms with E-state index < -0.39 is 5.66 Å². The number of benzene rings is 1. The standard InChI is InChI=1S/C19H27Cl2N5O/c1-13-12-19(23,25-18(22)24-13)7-2-8-26-9-5-14(6-10-26)27-15-3-4-16(20)17(21)11-15/h3-4,11-12,14H,2,5-10,23H2,1H3,(H3,22,24,25). The molecule has 0 aliphatic carbocycles. The molecular formula is C19H27Cl2N5O. The Morgan fingerprint density at radius 1 is 1.30 bits per heavy atom. The summed E-state index contributed by atoms with van der Waals surface area (Å²) in [6.07, 6.45) is 5.87. The van der Waals surface area contributed by atoms with E-state index in [1.807, 2.05) is 19.1 Å². The number of hydrogen-bond donors (Lipinski definition) is 3. The average molecular weight is 412 g/mol. The van der Waals surface area contributed by atoms with E-state index in [0.717, 1.165) is 56.8 Å². The van der Waals surface area contributed by atoms with E-state index in [-0.39, 0.29) is 6.10 Å². The summed E-state index contributed by atoms with van der Waals surface area (Å²) in [4.78, 5) is 6.79. The Kier molecular flexibility index (Phi) is 6.52. The predicted octanol–water partition coefficient (Wildman–Crippen LogP) is 3.09. The number of allylic oxidation sites excluding steroid dienone is 1. The Hall–Kier alpha value is -1.47. The summed E-state index contributed by atoms with van der Waals surface area (Å²) < 4.78 is 6.04.